The zero-order valence-corrected chi connectivity index (χ0v) is 12.5. The van der Waals surface area contributed by atoms with Gasteiger partial charge in [0.25, 0.3) is 0 Å². The molecule has 0 aliphatic rings. The molecule has 0 aliphatic carbocycles. The van der Waals surface area contributed by atoms with E-state index in [2.05, 4.69) is 73.9 Å². The smallest absolute Gasteiger partial charge is 0.0233 e. The summed E-state index contributed by atoms with van der Waals surface area (Å²) in [5.74, 6) is 0. The van der Waals surface area contributed by atoms with Crippen LogP contribution in [0.3, 0.4) is 0 Å². The molecule has 0 fully saturated rings. The van der Waals surface area contributed by atoms with Crippen molar-refractivity contribution in [3.05, 3.63) is 77.9 Å². The largest absolute Gasteiger partial charge is 0.300 e. The predicted octanol–water partition coefficient (Wildman–Crippen LogP) is 4.59. The maximum absolute atomic E-state index is 4.21. The molecular formula is C19H23N. The number of benzene rings is 2. The van der Waals surface area contributed by atoms with Crippen LogP contribution in [0.15, 0.2) is 61.2 Å². The first kappa shape index (κ1) is 14.5. The summed E-state index contributed by atoms with van der Waals surface area (Å²) >= 11 is 0. The molecule has 2 aromatic rings. The molecule has 0 spiro atoms. The quantitative estimate of drug-likeness (QED) is 0.738. The lowest BCUT2D eigenvalue weighted by Crippen LogP contribution is -2.21. The first-order valence-electron chi connectivity index (χ1n) is 7.30. The van der Waals surface area contributed by atoms with Crippen molar-refractivity contribution in [2.24, 2.45) is 0 Å². The van der Waals surface area contributed by atoms with Crippen LogP contribution in [0.4, 0.5) is 0 Å². The van der Waals surface area contributed by atoms with Crippen LogP contribution in [-0.4, -0.2) is 18.0 Å². The van der Waals surface area contributed by atoms with Crippen LogP contribution in [0, 0.1) is 0 Å². The number of hydrogen-bond donors (Lipinski definition) is 0. The fourth-order valence-electron chi connectivity index (χ4n) is 2.32. The summed E-state index contributed by atoms with van der Waals surface area (Å²) in [7, 11) is 0. The summed E-state index contributed by atoms with van der Waals surface area (Å²) < 4.78 is 0. The summed E-state index contributed by atoms with van der Waals surface area (Å²) in [6.07, 6.45) is 0. The lowest BCUT2D eigenvalue weighted by atomic mass is 9.98. The highest BCUT2D eigenvalue weighted by molar-refractivity contribution is 5.77. The van der Waals surface area contributed by atoms with Gasteiger partial charge in [0, 0.05) is 6.54 Å². The molecule has 0 saturated heterocycles. The van der Waals surface area contributed by atoms with E-state index in [1.165, 1.54) is 16.7 Å². The normalized spacial score (nSPS) is 10.8. The van der Waals surface area contributed by atoms with Gasteiger partial charge in [-0.1, -0.05) is 75.0 Å². The average molecular weight is 265 g/mol. The summed E-state index contributed by atoms with van der Waals surface area (Å²) in [5.41, 5.74) is 4.82. The predicted molar refractivity (Wildman–Crippen MR) is 87.6 cm³/mol. The molecular weight excluding hydrogens is 242 g/mol. The number of rotatable bonds is 6. The molecule has 20 heavy (non-hydrogen) atoms. The van der Waals surface area contributed by atoms with E-state index in [0.29, 0.717) is 0 Å². The van der Waals surface area contributed by atoms with Crippen LogP contribution in [0.25, 0.3) is 5.57 Å². The van der Waals surface area contributed by atoms with Gasteiger partial charge in [0.2, 0.25) is 0 Å². The molecule has 0 aliphatic heterocycles. The summed E-state index contributed by atoms with van der Waals surface area (Å²) in [4.78, 5) is 2.42. The summed E-state index contributed by atoms with van der Waals surface area (Å²) in [5, 5.41) is 0. The Bertz CT molecular complexity index is 536. The van der Waals surface area contributed by atoms with E-state index in [-0.39, 0.29) is 0 Å². The molecule has 0 atom stereocenters. The van der Waals surface area contributed by atoms with E-state index in [9.17, 15) is 0 Å². The monoisotopic (exact) mass is 265 g/mol. The van der Waals surface area contributed by atoms with Gasteiger partial charge >= 0.3 is 0 Å². The van der Waals surface area contributed by atoms with Gasteiger partial charge in [-0.25, -0.2) is 0 Å². The Labute approximate surface area is 122 Å². The maximum Gasteiger partial charge on any atom is 0.0233 e. The van der Waals surface area contributed by atoms with Gasteiger partial charge in [-0.3, -0.25) is 4.90 Å². The zero-order valence-electron chi connectivity index (χ0n) is 12.5. The zero-order chi connectivity index (χ0) is 14.4. The van der Waals surface area contributed by atoms with Gasteiger partial charge in [-0.2, -0.15) is 0 Å². The molecule has 1 nitrogen and oxygen atoms in total. The third-order valence-electron chi connectivity index (χ3n) is 3.73. The van der Waals surface area contributed by atoms with Crippen molar-refractivity contribution >= 4 is 5.57 Å². The second kappa shape index (κ2) is 7.06. The summed E-state index contributed by atoms with van der Waals surface area (Å²) in [6, 6.07) is 19.1. The number of nitrogens with zero attached hydrogens (tertiary/aromatic N) is 1. The van der Waals surface area contributed by atoms with Crippen LogP contribution < -0.4 is 0 Å². The molecule has 2 rings (SSSR count). The highest BCUT2D eigenvalue weighted by Gasteiger charge is 2.04. The lowest BCUT2D eigenvalue weighted by Gasteiger charge is -2.18. The van der Waals surface area contributed by atoms with E-state index in [1.807, 2.05) is 6.07 Å². The lowest BCUT2D eigenvalue weighted by molar-refractivity contribution is 0.296. The molecule has 0 N–H and O–H groups in total. The van der Waals surface area contributed by atoms with Crippen LogP contribution in [0.5, 0.6) is 0 Å². The van der Waals surface area contributed by atoms with Crippen molar-refractivity contribution < 1.29 is 0 Å². The van der Waals surface area contributed by atoms with Gasteiger partial charge in [0.1, 0.15) is 0 Å². The van der Waals surface area contributed by atoms with Crippen LogP contribution in [-0.2, 0) is 6.54 Å². The molecule has 2 aromatic carbocycles. The Balaban J connectivity index is 2.10. The Morgan fingerprint density at radius 3 is 1.95 bits per heavy atom. The molecule has 0 bridgehead atoms. The molecule has 0 radical (unpaired) electrons. The first-order chi connectivity index (χ1) is 9.74. The Kier molecular flexibility index (Phi) is 5.14. The Morgan fingerprint density at radius 1 is 0.850 bits per heavy atom. The molecule has 0 saturated carbocycles. The third-order valence-corrected chi connectivity index (χ3v) is 3.73. The highest BCUT2D eigenvalue weighted by Crippen LogP contribution is 2.21. The second-order valence-electron chi connectivity index (χ2n) is 5.00. The first-order valence-corrected chi connectivity index (χ1v) is 7.30. The van der Waals surface area contributed by atoms with Crippen LogP contribution in [0.2, 0.25) is 0 Å². The molecule has 0 unspecified atom stereocenters. The van der Waals surface area contributed by atoms with Crippen molar-refractivity contribution in [3.63, 3.8) is 0 Å². The Hall–Kier alpha value is -1.86. The van der Waals surface area contributed by atoms with Gasteiger partial charge < -0.3 is 0 Å². The van der Waals surface area contributed by atoms with E-state index < -0.39 is 0 Å². The maximum atomic E-state index is 4.21. The van der Waals surface area contributed by atoms with Crippen molar-refractivity contribution in [1.29, 1.82) is 0 Å². The van der Waals surface area contributed by atoms with Gasteiger partial charge in [-0.05, 0) is 35.4 Å². The van der Waals surface area contributed by atoms with Crippen LogP contribution in [0.1, 0.15) is 30.5 Å². The molecule has 0 amide bonds. The van der Waals surface area contributed by atoms with Gasteiger partial charge in [0.15, 0.2) is 0 Å². The van der Waals surface area contributed by atoms with E-state index in [1.54, 1.807) is 0 Å². The third kappa shape index (κ3) is 3.58. The standard InChI is InChI=1S/C19H23N/c1-4-20(5-2)15-17-11-13-19(14-12-17)16(3)18-9-7-6-8-10-18/h6-14H,3-5,15H2,1-2H3. The van der Waals surface area contributed by atoms with Crippen molar-refractivity contribution in [3.8, 4) is 0 Å². The van der Waals surface area contributed by atoms with E-state index >= 15 is 0 Å². The van der Waals surface area contributed by atoms with E-state index in [4.69, 9.17) is 0 Å². The minimum absolute atomic E-state index is 1.02. The summed E-state index contributed by atoms with van der Waals surface area (Å²) in [6.45, 7) is 11.8. The van der Waals surface area contributed by atoms with Gasteiger partial charge in [-0.15, -0.1) is 0 Å². The highest BCUT2D eigenvalue weighted by atomic mass is 15.1. The fourth-order valence-corrected chi connectivity index (χ4v) is 2.32. The molecule has 1 heteroatoms. The molecule has 104 valence electrons. The Morgan fingerprint density at radius 2 is 1.40 bits per heavy atom. The average Bonchev–Trinajstić information content (AvgIpc) is 2.53. The van der Waals surface area contributed by atoms with Crippen LogP contribution >= 0.6 is 0 Å². The molecule has 0 aromatic heterocycles. The van der Waals surface area contributed by atoms with E-state index in [0.717, 1.165) is 25.2 Å². The second-order valence-corrected chi connectivity index (χ2v) is 5.00. The van der Waals surface area contributed by atoms with Gasteiger partial charge in [0.05, 0.1) is 0 Å². The molecule has 0 heterocycles. The minimum atomic E-state index is 1.02. The fraction of sp³-hybridized carbons (Fsp3) is 0.263. The van der Waals surface area contributed by atoms with Crippen molar-refractivity contribution in [2.45, 2.75) is 20.4 Å². The van der Waals surface area contributed by atoms with Crippen molar-refractivity contribution in [2.75, 3.05) is 13.1 Å². The number of hydrogen-bond acceptors (Lipinski definition) is 1. The SMILES string of the molecule is C=C(c1ccccc1)c1ccc(CN(CC)CC)cc1. The minimum Gasteiger partial charge on any atom is -0.300 e. The topological polar surface area (TPSA) is 3.24 Å². The van der Waals surface area contributed by atoms with Crippen molar-refractivity contribution in [1.82, 2.24) is 4.90 Å².